The molecule has 3 nitrogen and oxygen atoms in total. The average Bonchev–Trinajstić information content (AvgIpc) is 2.77. The van der Waals surface area contributed by atoms with Crippen LogP contribution in [0, 0.1) is 5.92 Å². The lowest BCUT2D eigenvalue weighted by molar-refractivity contribution is 0.484. The topological polar surface area (TPSA) is 37.8 Å². The van der Waals surface area contributed by atoms with Crippen molar-refractivity contribution in [3.8, 4) is 0 Å². The molecular weight excluding hydrogens is 170 g/mol. The van der Waals surface area contributed by atoms with Gasteiger partial charge in [-0.05, 0) is 36.8 Å². The third kappa shape index (κ3) is 1.64. The molecule has 1 unspecified atom stereocenters. The first-order valence-electron chi connectivity index (χ1n) is 4.42. The van der Waals surface area contributed by atoms with Crippen molar-refractivity contribution in [1.82, 2.24) is 14.9 Å². The van der Waals surface area contributed by atoms with Gasteiger partial charge in [0, 0.05) is 5.38 Å². The SMILES string of the molecule is CCNC(c1csnn1)C1CC1. The van der Waals surface area contributed by atoms with Gasteiger partial charge in [-0.2, -0.15) is 0 Å². The van der Waals surface area contributed by atoms with Crippen molar-refractivity contribution >= 4 is 11.5 Å². The van der Waals surface area contributed by atoms with Crippen LogP contribution in [0.4, 0.5) is 0 Å². The van der Waals surface area contributed by atoms with Crippen molar-refractivity contribution in [2.75, 3.05) is 6.54 Å². The van der Waals surface area contributed by atoms with Crippen LogP contribution in [-0.4, -0.2) is 16.1 Å². The summed E-state index contributed by atoms with van der Waals surface area (Å²) in [6, 6.07) is 0.466. The highest BCUT2D eigenvalue weighted by atomic mass is 32.1. The van der Waals surface area contributed by atoms with Crippen LogP contribution in [0.25, 0.3) is 0 Å². The average molecular weight is 183 g/mol. The Kier molecular flexibility index (Phi) is 2.37. The van der Waals surface area contributed by atoms with Gasteiger partial charge in [-0.3, -0.25) is 0 Å². The van der Waals surface area contributed by atoms with Crippen molar-refractivity contribution in [2.24, 2.45) is 5.92 Å². The third-order valence-electron chi connectivity index (χ3n) is 2.21. The molecule has 1 N–H and O–H groups in total. The molecule has 1 saturated carbocycles. The van der Waals surface area contributed by atoms with E-state index in [2.05, 4.69) is 21.8 Å². The molecule has 0 radical (unpaired) electrons. The molecular formula is C8H13N3S. The van der Waals surface area contributed by atoms with E-state index in [0.29, 0.717) is 6.04 Å². The molecule has 1 aromatic heterocycles. The van der Waals surface area contributed by atoms with E-state index in [0.717, 1.165) is 18.2 Å². The van der Waals surface area contributed by atoms with E-state index in [1.54, 1.807) is 0 Å². The van der Waals surface area contributed by atoms with Crippen LogP contribution in [0.3, 0.4) is 0 Å². The Labute approximate surface area is 76.4 Å². The molecule has 2 rings (SSSR count). The molecule has 1 aliphatic carbocycles. The fourth-order valence-electron chi connectivity index (χ4n) is 1.47. The summed E-state index contributed by atoms with van der Waals surface area (Å²) in [5.74, 6) is 0.814. The number of hydrogen-bond acceptors (Lipinski definition) is 4. The summed E-state index contributed by atoms with van der Waals surface area (Å²) in [5.41, 5.74) is 1.13. The van der Waals surface area contributed by atoms with Crippen molar-refractivity contribution < 1.29 is 0 Å². The maximum Gasteiger partial charge on any atom is 0.0927 e. The second-order valence-corrected chi connectivity index (χ2v) is 3.81. The molecule has 0 spiro atoms. The van der Waals surface area contributed by atoms with Crippen LogP contribution in [0.5, 0.6) is 0 Å². The van der Waals surface area contributed by atoms with E-state index in [-0.39, 0.29) is 0 Å². The molecule has 1 heterocycles. The van der Waals surface area contributed by atoms with Gasteiger partial charge < -0.3 is 5.32 Å². The first-order valence-corrected chi connectivity index (χ1v) is 5.25. The second kappa shape index (κ2) is 3.49. The molecule has 1 fully saturated rings. The van der Waals surface area contributed by atoms with Crippen molar-refractivity contribution in [3.05, 3.63) is 11.1 Å². The fraction of sp³-hybridized carbons (Fsp3) is 0.750. The van der Waals surface area contributed by atoms with Gasteiger partial charge in [0.05, 0.1) is 11.7 Å². The monoisotopic (exact) mass is 183 g/mol. The van der Waals surface area contributed by atoms with Gasteiger partial charge in [-0.15, -0.1) is 5.10 Å². The Bertz CT molecular complexity index is 230. The molecule has 1 aliphatic rings. The van der Waals surface area contributed by atoms with Crippen LogP contribution in [0.1, 0.15) is 31.5 Å². The largest absolute Gasteiger partial charge is 0.309 e. The molecule has 66 valence electrons. The van der Waals surface area contributed by atoms with Gasteiger partial charge in [0.15, 0.2) is 0 Å². The molecule has 0 amide bonds. The molecule has 12 heavy (non-hydrogen) atoms. The molecule has 4 heteroatoms. The van der Waals surface area contributed by atoms with Crippen molar-refractivity contribution in [1.29, 1.82) is 0 Å². The summed E-state index contributed by atoms with van der Waals surface area (Å²) in [6.45, 7) is 3.15. The summed E-state index contributed by atoms with van der Waals surface area (Å²) in [5, 5.41) is 9.60. The van der Waals surface area contributed by atoms with Crippen molar-refractivity contribution in [2.45, 2.75) is 25.8 Å². The van der Waals surface area contributed by atoms with Crippen LogP contribution >= 0.6 is 11.5 Å². The van der Waals surface area contributed by atoms with E-state index in [1.807, 2.05) is 5.38 Å². The summed E-state index contributed by atoms with van der Waals surface area (Å²) >= 11 is 1.44. The fourth-order valence-corrected chi connectivity index (χ4v) is 1.96. The Morgan fingerprint density at radius 1 is 1.75 bits per heavy atom. The molecule has 1 atom stereocenters. The highest BCUT2D eigenvalue weighted by Crippen LogP contribution is 2.40. The molecule has 0 aliphatic heterocycles. The Hall–Kier alpha value is -0.480. The standard InChI is InChI=1S/C8H13N3S/c1-2-9-8(6-3-4-6)7-5-12-11-10-7/h5-6,8-9H,2-4H2,1H3. The smallest absolute Gasteiger partial charge is 0.0927 e. The molecule has 0 bridgehead atoms. The lowest BCUT2D eigenvalue weighted by atomic mass is 10.1. The number of hydrogen-bond donors (Lipinski definition) is 1. The Balaban J connectivity index is 2.05. The normalized spacial score (nSPS) is 19.4. The van der Waals surface area contributed by atoms with Crippen LogP contribution in [0.2, 0.25) is 0 Å². The first-order chi connectivity index (χ1) is 5.92. The first kappa shape index (κ1) is 8.13. The minimum Gasteiger partial charge on any atom is -0.309 e. The van der Waals surface area contributed by atoms with Gasteiger partial charge in [-0.25, -0.2) is 0 Å². The van der Waals surface area contributed by atoms with E-state index in [1.165, 1.54) is 24.4 Å². The number of rotatable bonds is 4. The van der Waals surface area contributed by atoms with E-state index < -0.39 is 0 Å². The van der Waals surface area contributed by atoms with Gasteiger partial charge in [0.2, 0.25) is 0 Å². The minimum absolute atomic E-state index is 0.466. The Morgan fingerprint density at radius 2 is 2.58 bits per heavy atom. The number of aromatic nitrogens is 2. The zero-order valence-electron chi connectivity index (χ0n) is 7.16. The van der Waals surface area contributed by atoms with Crippen LogP contribution in [0.15, 0.2) is 5.38 Å². The quantitative estimate of drug-likeness (QED) is 0.770. The number of nitrogens with zero attached hydrogens (tertiary/aromatic N) is 2. The van der Waals surface area contributed by atoms with E-state index >= 15 is 0 Å². The van der Waals surface area contributed by atoms with E-state index in [9.17, 15) is 0 Å². The van der Waals surface area contributed by atoms with E-state index in [4.69, 9.17) is 0 Å². The predicted molar refractivity (Wildman–Crippen MR) is 49.1 cm³/mol. The molecule has 0 aromatic carbocycles. The lowest BCUT2D eigenvalue weighted by Gasteiger charge is -2.13. The highest BCUT2D eigenvalue weighted by Gasteiger charge is 2.32. The summed E-state index contributed by atoms with van der Waals surface area (Å²) in [4.78, 5) is 0. The van der Waals surface area contributed by atoms with Crippen LogP contribution < -0.4 is 5.32 Å². The van der Waals surface area contributed by atoms with Gasteiger partial charge in [-0.1, -0.05) is 11.4 Å². The summed E-state index contributed by atoms with van der Waals surface area (Å²) < 4.78 is 3.89. The predicted octanol–water partition coefficient (Wildman–Crippen LogP) is 1.60. The zero-order chi connectivity index (χ0) is 8.39. The van der Waals surface area contributed by atoms with Gasteiger partial charge in [0.1, 0.15) is 0 Å². The maximum atomic E-state index is 4.10. The molecule has 1 aromatic rings. The summed E-state index contributed by atoms with van der Waals surface area (Å²) in [7, 11) is 0. The molecule has 0 saturated heterocycles. The maximum absolute atomic E-state index is 4.10. The summed E-state index contributed by atoms with van der Waals surface area (Å²) in [6.07, 6.45) is 2.68. The van der Waals surface area contributed by atoms with Gasteiger partial charge >= 0.3 is 0 Å². The van der Waals surface area contributed by atoms with Crippen LogP contribution in [-0.2, 0) is 0 Å². The van der Waals surface area contributed by atoms with Crippen molar-refractivity contribution in [3.63, 3.8) is 0 Å². The lowest BCUT2D eigenvalue weighted by Crippen LogP contribution is -2.22. The number of nitrogens with one attached hydrogen (secondary N) is 1. The second-order valence-electron chi connectivity index (χ2n) is 3.20. The highest BCUT2D eigenvalue weighted by molar-refractivity contribution is 7.03. The minimum atomic E-state index is 0.466. The van der Waals surface area contributed by atoms with Gasteiger partial charge in [0.25, 0.3) is 0 Å². The zero-order valence-corrected chi connectivity index (χ0v) is 7.97. The Morgan fingerprint density at radius 3 is 3.08 bits per heavy atom. The third-order valence-corrected chi connectivity index (χ3v) is 2.74.